The number of halogens is 1. The maximum atomic E-state index is 13.0. The van der Waals surface area contributed by atoms with Crippen LogP contribution in [0.4, 0.5) is 10.1 Å². The minimum absolute atomic E-state index is 0.336. The van der Waals surface area contributed by atoms with Gasteiger partial charge < -0.3 is 5.32 Å². The summed E-state index contributed by atoms with van der Waals surface area (Å²) in [5.41, 5.74) is 1.32. The number of anilines is 1. The first kappa shape index (κ1) is 10.5. The van der Waals surface area contributed by atoms with Crippen molar-refractivity contribution in [3.05, 3.63) is 36.7 Å². The van der Waals surface area contributed by atoms with Crippen molar-refractivity contribution < 1.29 is 9.18 Å². The Bertz CT molecular complexity index is 365. The molecule has 2 nitrogen and oxygen atoms in total. The van der Waals surface area contributed by atoms with Gasteiger partial charge in [-0.3, -0.25) is 4.79 Å². The lowest BCUT2D eigenvalue weighted by Gasteiger charge is -2.04. The van der Waals surface area contributed by atoms with E-state index in [0.717, 1.165) is 18.8 Å². The van der Waals surface area contributed by atoms with Crippen molar-refractivity contribution in [2.45, 2.75) is 6.82 Å². The van der Waals surface area contributed by atoms with Crippen LogP contribution in [0.1, 0.15) is 0 Å². The van der Waals surface area contributed by atoms with Gasteiger partial charge in [0.05, 0.1) is 0 Å². The number of nitrogens with one attached hydrogen (secondary N) is 1. The van der Waals surface area contributed by atoms with Gasteiger partial charge >= 0.3 is 0 Å². The Morgan fingerprint density at radius 3 is 2.86 bits per heavy atom. The minimum Gasteiger partial charge on any atom is -0.322 e. The largest absolute Gasteiger partial charge is 0.322 e. The quantitative estimate of drug-likeness (QED) is 0.561. The zero-order chi connectivity index (χ0) is 10.6. The van der Waals surface area contributed by atoms with Gasteiger partial charge in [0.25, 0.3) is 0 Å². The molecule has 0 fully saturated rings. The molecule has 14 heavy (non-hydrogen) atoms. The molecule has 4 heteroatoms. The van der Waals surface area contributed by atoms with Crippen LogP contribution in [0.15, 0.2) is 30.9 Å². The first-order valence-electron chi connectivity index (χ1n) is 4.38. The highest BCUT2D eigenvalue weighted by atomic mass is 19.1. The molecule has 0 atom stereocenters. The molecule has 0 unspecified atom stereocenters. The van der Waals surface area contributed by atoms with Crippen molar-refractivity contribution in [2.75, 3.05) is 5.32 Å². The first-order chi connectivity index (χ1) is 6.65. The van der Waals surface area contributed by atoms with Gasteiger partial charge in [-0.1, -0.05) is 18.9 Å². The molecule has 0 aromatic heterocycles. The molecule has 0 radical (unpaired) electrons. The second-order valence-corrected chi connectivity index (χ2v) is 2.90. The molecular weight excluding hydrogens is 180 g/mol. The molecule has 0 spiro atoms. The van der Waals surface area contributed by atoms with Gasteiger partial charge in [-0.05, 0) is 24.3 Å². The fourth-order valence-corrected chi connectivity index (χ4v) is 1.12. The van der Waals surface area contributed by atoms with Gasteiger partial charge in [0.15, 0.2) is 7.28 Å². The number of carbonyl (C=O) groups excluding carboxylic acids is 1. The van der Waals surface area contributed by atoms with E-state index in [1.54, 1.807) is 6.07 Å². The van der Waals surface area contributed by atoms with Crippen molar-refractivity contribution in [2.24, 2.45) is 0 Å². The van der Waals surface area contributed by atoms with E-state index in [0.29, 0.717) is 5.69 Å². The van der Waals surface area contributed by atoms with E-state index in [2.05, 4.69) is 11.9 Å². The molecule has 0 saturated carbocycles. The topological polar surface area (TPSA) is 29.1 Å². The van der Waals surface area contributed by atoms with Crippen LogP contribution >= 0.6 is 0 Å². The first-order valence-corrected chi connectivity index (χ1v) is 4.38. The number of hydrogen-bond donors (Lipinski definition) is 1. The van der Waals surface area contributed by atoms with Crippen molar-refractivity contribution in [1.29, 1.82) is 0 Å². The number of benzene rings is 1. The lowest BCUT2D eigenvalue weighted by Crippen LogP contribution is -2.15. The normalized spacial score (nSPS) is 9.29. The third-order valence-electron chi connectivity index (χ3n) is 1.82. The summed E-state index contributed by atoms with van der Waals surface area (Å²) in [5.74, 6) is -0.679. The number of rotatable bonds is 3. The molecule has 1 N–H and O–H groups in total. The summed E-state index contributed by atoms with van der Waals surface area (Å²) in [7, 11) is 0.731. The van der Waals surface area contributed by atoms with Crippen molar-refractivity contribution >= 4 is 24.3 Å². The Balaban J connectivity index is 2.91. The summed E-state index contributed by atoms with van der Waals surface area (Å²) in [5, 5.41) is 2.51. The van der Waals surface area contributed by atoms with E-state index < -0.39 is 0 Å². The second kappa shape index (κ2) is 4.60. The Labute approximate surface area is 83.1 Å². The number of hydrogen-bond acceptors (Lipinski definition) is 1. The lowest BCUT2D eigenvalue weighted by molar-refractivity contribution is -0.111. The molecule has 0 heterocycles. The second-order valence-electron chi connectivity index (χ2n) is 2.90. The van der Waals surface area contributed by atoms with Gasteiger partial charge in [-0.2, -0.15) is 0 Å². The fourth-order valence-electron chi connectivity index (χ4n) is 1.12. The lowest BCUT2D eigenvalue weighted by atomic mass is 9.73. The van der Waals surface area contributed by atoms with Crippen molar-refractivity contribution in [3.8, 4) is 0 Å². The van der Waals surface area contributed by atoms with E-state index >= 15 is 0 Å². The summed E-state index contributed by atoms with van der Waals surface area (Å²) in [4.78, 5) is 10.9. The molecule has 1 aromatic rings. The van der Waals surface area contributed by atoms with Crippen LogP contribution in [0.2, 0.25) is 6.82 Å². The highest BCUT2D eigenvalue weighted by molar-refractivity contribution is 6.52. The van der Waals surface area contributed by atoms with E-state index in [1.165, 1.54) is 12.1 Å². The Morgan fingerprint density at radius 2 is 2.29 bits per heavy atom. The molecule has 0 aliphatic rings. The SMILES string of the molecule is C=CC(=O)Nc1cc(F)cc(BC)c1. The summed E-state index contributed by atoms with van der Waals surface area (Å²) in [6.07, 6.45) is 1.15. The number of carbonyl (C=O) groups is 1. The zero-order valence-electron chi connectivity index (χ0n) is 8.01. The maximum Gasteiger partial charge on any atom is 0.247 e. The summed E-state index contributed by atoms with van der Waals surface area (Å²) in [6.45, 7) is 5.24. The maximum absolute atomic E-state index is 13.0. The molecular formula is C10H11BFNO. The predicted octanol–water partition coefficient (Wildman–Crippen LogP) is 1.06. The minimum atomic E-state index is -0.344. The summed E-state index contributed by atoms with van der Waals surface area (Å²) in [6, 6.07) is 4.47. The van der Waals surface area contributed by atoms with Gasteiger partial charge in [-0.15, -0.1) is 0 Å². The van der Waals surface area contributed by atoms with Crippen molar-refractivity contribution in [3.63, 3.8) is 0 Å². The predicted molar refractivity (Wildman–Crippen MR) is 57.9 cm³/mol. The molecule has 1 amide bonds. The van der Waals surface area contributed by atoms with E-state index in [4.69, 9.17) is 0 Å². The van der Waals surface area contributed by atoms with E-state index in [-0.39, 0.29) is 11.7 Å². The molecule has 0 aliphatic heterocycles. The van der Waals surface area contributed by atoms with Gasteiger partial charge in [0, 0.05) is 5.69 Å². The summed E-state index contributed by atoms with van der Waals surface area (Å²) < 4.78 is 13.0. The van der Waals surface area contributed by atoms with E-state index in [1.807, 2.05) is 6.82 Å². The Morgan fingerprint density at radius 1 is 1.57 bits per heavy atom. The van der Waals surface area contributed by atoms with Crippen LogP contribution in [0.25, 0.3) is 0 Å². The van der Waals surface area contributed by atoms with Crippen LogP contribution < -0.4 is 10.8 Å². The zero-order valence-corrected chi connectivity index (χ0v) is 8.01. The van der Waals surface area contributed by atoms with Crippen LogP contribution in [0.3, 0.4) is 0 Å². The summed E-state index contributed by atoms with van der Waals surface area (Å²) >= 11 is 0. The fraction of sp³-hybridized carbons (Fsp3) is 0.100. The Kier molecular flexibility index (Phi) is 3.45. The van der Waals surface area contributed by atoms with Crippen molar-refractivity contribution in [1.82, 2.24) is 0 Å². The molecule has 1 aromatic carbocycles. The van der Waals surface area contributed by atoms with Gasteiger partial charge in [0.1, 0.15) is 5.82 Å². The smallest absolute Gasteiger partial charge is 0.247 e. The van der Waals surface area contributed by atoms with Gasteiger partial charge in [0.2, 0.25) is 5.91 Å². The highest BCUT2D eigenvalue weighted by Gasteiger charge is 2.01. The molecule has 1 rings (SSSR count). The third-order valence-corrected chi connectivity index (χ3v) is 1.82. The van der Waals surface area contributed by atoms with E-state index in [9.17, 15) is 9.18 Å². The standard InChI is InChI=1S/C10H11BFNO/c1-3-10(14)13-9-5-7(11-2)4-8(12)6-9/h3-6,11H,1H2,2H3,(H,13,14). The van der Waals surface area contributed by atoms with Crippen LogP contribution in [0.5, 0.6) is 0 Å². The third kappa shape index (κ3) is 2.73. The van der Waals surface area contributed by atoms with Crippen LogP contribution in [-0.2, 0) is 4.79 Å². The monoisotopic (exact) mass is 191 g/mol. The highest BCUT2D eigenvalue weighted by Crippen LogP contribution is 2.07. The van der Waals surface area contributed by atoms with Gasteiger partial charge in [-0.25, -0.2) is 4.39 Å². The average molecular weight is 191 g/mol. The Hall–Kier alpha value is -1.58. The number of amides is 1. The molecule has 0 aliphatic carbocycles. The average Bonchev–Trinajstić information content (AvgIpc) is 2.16. The van der Waals surface area contributed by atoms with Crippen LogP contribution in [-0.4, -0.2) is 13.2 Å². The molecule has 0 saturated heterocycles. The van der Waals surface area contributed by atoms with Crippen LogP contribution in [0, 0.1) is 5.82 Å². The molecule has 0 bridgehead atoms. The molecule has 72 valence electrons.